The Morgan fingerprint density at radius 1 is 0.284 bits per heavy atom. The number of hydrogen-bond donors (Lipinski definition) is 0. The highest BCUT2D eigenvalue weighted by molar-refractivity contribution is 5.71. The second-order valence-corrected chi connectivity index (χ2v) is 19.5. The van der Waals surface area contributed by atoms with Gasteiger partial charge in [-0.15, -0.1) is 0 Å². The molecule has 0 bridgehead atoms. The molecule has 0 aromatic rings. The smallest absolute Gasteiger partial charge is 0.306 e. The molecule has 0 N–H and O–H groups in total. The summed E-state index contributed by atoms with van der Waals surface area (Å²) in [7, 11) is 0. The summed E-state index contributed by atoms with van der Waals surface area (Å²) in [5.74, 6) is -0.959. The summed E-state index contributed by atoms with van der Waals surface area (Å²) in [5, 5.41) is 0. The van der Waals surface area contributed by atoms with Crippen molar-refractivity contribution in [2.75, 3.05) is 13.2 Å². The first-order valence-corrected chi connectivity index (χ1v) is 30.2. The monoisotopic (exact) mass is 1020 g/mol. The van der Waals surface area contributed by atoms with Crippen LogP contribution in [0, 0.1) is 0 Å². The fraction of sp³-hybridized carbons (Fsp3) is 0.632. The maximum Gasteiger partial charge on any atom is 0.306 e. The van der Waals surface area contributed by atoms with Gasteiger partial charge in [-0.25, -0.2) is 0 Å². The summed E-state index contributed by atoms with van der Waals surface area (Å²) in [6.07, 6.45) is 85.9. The maximum absolute atomic E-state index is 12.9. The topological polar surface area (TPSA) is 78.9 Å². The van der Waals surface area contributed by atoms with Gasteiger partial charge in [-0.05, 0) is 116 Å². The van der Waals surface area contributed by atoms with Crippen LogP contribution >= 0.6 is 0 Å². The average molecular weight is 1020 g/mol. The molecule has 0 aromatic carbocycles. The Morgan fingerprint density at radius 2 is 0.527 bits per heavy atom. The van der Waals surface area contributed by atoms with Gasteiger partial charge in [0, 0.05) is 19.3 Å². The zero-order chi connectivity index (χ0) is 53.6. The number of carbonyl (C=O) groups is 3. The second-order valence-electron chi connectivity index (χ2n) is 19.5. The molecule has 0 aliphatic rings. The van der Waals surface area contributed by atoms with Gasteiger partial charge in [0.2, 0.25) is 0 Å². The number of rotatable bonds is 53. The van der Waals surface area contributed by atoms with Crippen molar-refractivity contribution in [1.82, 2.24) is 0 Å². The summed E-state index contributed by atoms with van der Waals surface area (Å²) >= 11 is 0. The lowest BCUT2D eigenvalue weighted by molar-refractivity contribution is -0.167. The number of esters is 3. The molecule has 0 radical (unpaired) electrons. The van der Waals surface area contributed by atoms with Crippen LogP contribution in [0.5, 0.6) is 0 Å². The van der Waals surface area contributed by atoms with Gasteiger partial charge in [0.15, 0.2) is 6.10 Å². The summed E-state index contributed by atoms with van der Waals surface area (Å²) in [6, 6.07) is 0. The zero-order valence-electron chi connectivity index (χ0n) is 47.8. The molecular formula is C68H110O6. The third-order valence-corrected chi connectivity index (χ3v) is 12.4. The summed E-state index contributed by atoms with van der Waals surface area (Å²) in [4.78, 5) is 38.2. The standard InChI is InChI=1S/C68H110O6/c1-4-7-10-13-16-19-22-25-28-30-31-32-33-34-35-36-37-39-40-43-46-49-52-55-58-61-67(70)73-64-65(63-72-66(69)60-57-54-51-48-45-42-27-24-21-18-15-12-9-6-3)74-68(71)62-59-56-53-50-47-44-41-38-29-26-23-20-17-14-11-8-5-2/h7-8,10-11,16-17,19-20,25-26,28-29,31-32,34-35,37,39,41,43-44,46,65H,4-6,9,12-15,18,21-24,27,30,33,36,38,40,42,45,47-64H2,1-3H3/b10-7-,11-8-,19-16-,20-17-,28-25-,29-26-,32-31-,35-34-,39-37-,44-41-,46-43-. The Morgan fingerprint density at radius 3 is 0.838 bits per heavy atom. The average Bonchev–Trinajstić information content (AvgIpc) is 3.40. The normalized spacial score (nSPS) is 13.1. The number of ether oxygens (including phenoxy) is 3. The van der Waals surface area contributed by atoms with Gasteiger partial charge in [-0.2, -0.15) is 0 Å². The minimum atomic E-state index is -0.809. The summed E-state index contributed by atoms with van der Waals surface area (Å²) in [5.41, 5.74) is 0. The van der Waals surface area contributed by atoms with Gasteiger partial charge in [0.1, 0.15) is 13.2 Å². The van der Waals surface area contributed by atoms with Crippen molar-refractivity contribution < 1.29 is 28.6 Å². The molecule has 0 aliphatic heterocycles. The van der Waals surface area contributed by atoms with E-state index in [-0.39, 0.29) is 37.5 Å². The van der Waals surface area contributed by atoms with Crippen LogP contribution in [0.4, 0.5) is 0 Å². The van der Waals surface area contributed by atoms with E-state index in [4.69, 9.17) is 14.2 Å². The van der Waals surface area contributed by atoms with Gasteiger partial charge >= 0.3 is 17.9 Å². The van der Waals surface area contributed by atoms with Crippen molar-refractivity contribution in [2.45, 2.75) is 264 Å². The van der Waals surface area contributed by atoms with E-state index in [1.54, 1.807) is 0 Å². The molecule has 0 spiro atoms. The third kappa shape index (κ3) is 58.4. The Balaban J connectivity index is 4.48. The van der Waals surface area contributed by atoms with Gasteiger partial charge < -0.3 is 14.2 Å². The van der Waals surface area contributed by atoms with E-state index >= 15 is 0 Å². The fourth-order valence-electron chi connectivity index (χ4n) is 7.94. The molecule has 74 heavy (non-hydrogen) atoms. The Hall–Kier alpha value is -4.45. The van der Waals surface area contributed by atoms with Crippen molar-refractivity contribution in [3.05, 3.63) is 134 Å². The van der Waals surface area contributed by atoms with Crippen LogP contribution in [0.25, 0.3) is 0 Å². The quantitative estimate of drug-likeness (QED) is 0.0261. The van der Waals surface area contributed by atoms with E-state index in [0.717, 1.165) is 148 Å². The van der Waals surface area contributed by atoms with Crippen LogP contribution in [-0.4, -0.2) is 37.2 Å². The molecule has 6 heteroatoms. The number of hydrogen-bond acceptors (Lipinski definition) is 6. The number of allylic oxidation sites excluding steroid dienone is 22. The Labute approximate surface area is 455 Å². The fourth-order valence-corrected chi connectivity index (χ4v) is 7.94. The number of unbranched alkanes of at least 4 members (excludes halogenated alkanes) is 20. The molecule has 0 heterocycles. The third-order valence-electron chi connectivity index (χ3n) is 12.4. The van der Waals surface area contributed by atoms with Crippen molar-refractivity contribution >= 4 is 17.9 Å². The first-order chi connectivity index (χ1) is 36.5. The predicted octanol–water partition coefficient (Wildman–Crippen LogP) is 20.6. The lowest BCUT2D eigenvalue weighted by Gasteiger charge is -2.18. The van der Waals surface area contributed by atoms with Crippen molar-refractivity contribution in [3.63, 3.8) is 0 Å². The second kappa shape index (κ2) is 61.1. The van der Waals surface area contributed by atoms with Gasteiger partial charge in [0.05, 0.1) is 0 Å². The van der Waals surface area contributed by atoms with E-state index in [1.807, 2.05) is 0 Å². The highest BCUT2D eigenvalue weighted by Gasteiger charge is 2.19. The molecule has 0 saturated heterocycles. The van der Waals surface area contributed by atoms with Crippen LogP contribution in [0.15, 0.2) is 134 Å². The lowest BCUT2D eigenvalue weighted by atomic mass is 10.0. The van der Waals surface area contributed by atoms with Gasteiger partial charge in [-0.1, -0.05) is 257 Å². The minimum absolute atomic E-state index is 0.101. The molecule has 1 unspecified atom stereocenters. The first-order valence-electron chi connectivity index (χ1n) is 30.2. The molecular weight excluding hydrogens is 913 g/mol. The van der Waals surface area contributed by atoms with E-state index in [2.05, 4.69) is 154 Å². The molecule has 0 fully saturated rings. The maximum atomic E-state index is 12.9. The molecule has 0 rings (SSSR count). The van der Waals surface area contributed by atoms with E-state index in [9.17, 15) is 14.4 Å². The molecule has 1 atom stereocenters. The highest BCUT2D eigenvalue weighted by atomic mass is 16.6. The molecule has 6 nitrogen and oxygen atoms in total. The minimum Gasteiger partial charge on any atom is -0.462 e. The zero-order valence-corrected chi connectivity index (χ0v) is 47.8. The van der Waals surface area contributed by atoms with Gasteiger partial charge in [0.25, 0.3) is 0 Å². The summed E-state index contributed by atoms with van der Waals surface area (Å²) < 4.78 is 16.8. The molecule has 418 valence electrons. The van der Waals surface area contributed by atoms with Crippen LogP contribution in [0.2, 0.25) is 0 Å². The first kappa shape index (κ1) is 69.5. The molecule has 0 aromatic heterocycles. The van der Waals surface area contributed by atoms with Crippen molar-refractivity contribution in [1.29, 1.82) is 0 Å². The predicted molar refractivity (Wildman–Crippen MR) is 320 cm³/mol. The van der Waals surface area contributed by atoms with E-state index < -0.39 is 6.10 Å². The van der Waals surface area contributed by atoms with E-state index in [1.165, 1.54) is 70.6 Å². The van der Waals surface area contributed by atoms with Crippen LogP contribution < -0.4 is 0 Å². The largest absolute Gasteiger partial charge is 0.462 e. The van der Waals surface area contributed by atoms with Crippen molar-refractivity contribution in [2.24, 2.45) is 0 Å². The molecule has 0 saturated carbocycles. The van der Waals surface area contributed by atoms with Crippen LogP contribution in [-0.2, 0) is 28.6 Å². The highest BCUT2D eigenvalue weighted by Crippen LogP contribution is 2.15. The van der Waals surface area contributed by atoms with Crippen molar-refractivity contribution in [3.8, 4) is 0 Å². The molecule has 0 aliphatic carbocycles. The Bertz CT molecular complexity index is 1600. The van der Waals surface area contributed by atoms with Gasteiger partial charge in [-0.3, -0.25) is 14.4 Å². The lowest BCUT2D eigenvalue weighted by Crippen LogP contribution is -2.30. The van der Waals surface area contributed by atoms with Crippen LogP contribution in [0.1, 0.15) is 258 Å². The summed E-state index contributed by atoms with van der Waals surface area (Å²) in [6.45, 7) is 6.37. The van der Waals surface area contributed by atoms with Crippen LogP contribution in [0.3, 0.4) is 0 Å². The number of carbonyl (C=O) groups excluding carboxylic acids is 3. The Kier molecular flexibility index (Phi) is 57.4. The van der Waals surface area contributed by atoms with E-state index in [0.29, 0.717) is 12.8 Å². The SMILES string of the molecule is CC/C=C\C/C=C\C/C=C\C/C=C\C/C=C\C/C=C\C/C=C\CCCCCC(=O)OCC(COC(=O)CCCCCCCCCCCCCCCC)OC(=O)CCCCCC/C=C\C/C=C\C/C=C\C/C=C\CC. The molecule has 0 amide bonds.